The molecule has 0 aromatic carbocycles. The second-order valence-corrected chi connectivity index (χ2v) is 9.59. The van der Waals surface area contributed by atoms with Gasteiger partial charge in [-0.25, -0.2) is 14.8 Å². The number of carbonyl (C=O) groups excluding carboxylic acids is 3. The topological polar surface area (TPSA) is 199 Å². The van der Waals surface area contributed by atoms with Gasteiger partial charge in [0.05, 0.1) is 18.7 Å². The number of nitrogens with two attached hydrogens (primary N) is 1. The second kappa shape index (κ2) is 13.1. The first-order valence-electron chi connectivity index (χ1n) is 11.6. The summed E-state index contributed by atoms with van der Waals surface area (Å²) in [7, 11) is 0. The number of nitrogens with zero attached hydrogens (tertiary/aromatic N) is 3. The van der Waals surface area contributed by atoms with Crippen molar-refractivity contribution in [3.8, 4) is 0 Å². The summed E-state index contributed by atoms with van der Waals surface area (Å²) in [4.78, 5) is 66.0. The molecule has 0 bridgehead atoms. The number of amides is 3. The molecule has 0 spiro atoms. The number of aromatic amines is 2. The van der Waals surface area contributed by atoms with Crippen LogP contribution in [0.3, 0.4) is 0 Å². The van der Waals surface area contributed by atoms with Gasteiger partial charge >= 0.3 is 5.97 Å². The lowest BCUT2D eigenvalue weighted by Gasteiger charge is -2.28. The molecular formula is C22H32N8O5S. The van der Waals surface area contributed by atoms with Crippen molar-refractivity contribution in [1.29, 1.82) is 0 Å². The second-order valence-electron chi connectivity index (χ2n) is 8.60. The number of aromatic nitrogens is 4. The summed E-state index contributed by atoms with van der Waals surface area (Å²) in [6.45, 7) is 0.376. The van der Waals surface area contributed by atoms with Gasteiger partial charge < -0.3 is 36.3 Å². The molecule has 1 saturated heterocycles. The average molecular weight is 521 g/mol. The minimum Gasteiger partial charge on any atom is -0.480 e. The number of aliphatic carboxylic acids is 1. The van der Waals surface area contributed by atoms with E-state index in [1.54, 1.807) is 6.20 Å². The minimum atomic E-state index is -1.15. The van der Waals surface area contributed by atoms with Crippen molar-refractivity contribution in [2.24, 2.45) is 5.73 Å². The van der Waals surface area contributed by atoms with Gasteiger partial charge in [-0.05, 0) is 31.3 Å². The monoisotopic (exact) mass is 520 g/mol. The lowest BCUT2D eigenvalue weighted by molar-refractivity contribution is -0.143. The molecule has 1 fully saturated rings. The smallest absolute Gasteiger partial charge is 0.326 e. The maximum atomic E-state index is 13.2. The highest BCUT2D eigenvalue weighted by atomic mass is 32.2. The number of carboxylic acids is 1. The first kappa shape index (κ1) is 27.2. The molecule has 36 heavy (non-hydrogen) atoms. The van der Waals surface area contributed by atoms with Crippen LogP contribution in [0, 0.1) is 0 Å². The Kier molecular flexibility index (Phi) is 9.87. The number of nitrogens with one attached hydrogen (secondary N) is 4. The normalized spacial score (nSPS) is 17.8. The van der Waals surface area contributed by atoms with Crippen LogP contribution in [0.2, 0.25) is 0 Å². The van der Waals surface area contributed by atoms with Crippen LogP contribution in [0.1, 0.15) is 30.7 Å². The van der Waals surface area contributed by atoms with Crippen molar-refractivity contribution in [3.05, 3.63) is 36.4 Å². The van der Waals surface area contributed by atoms with Crippen molar-refractivity contribution >= 4 is 35.5 Å². The van der Waals surface area contributed by atoms with Gasteiger partial charge in [-0.3, -0.25) is 14.4 Å². The van der Waals surface area contributed by atoms with Gasteiger partial charge in [-0.15, -0.1) is 0 Å². The average Bonchev–Trinajstić information content (AvgIpc) is 3.63. The van der Waals surface area contributed by atoms with Gasteiger partial charge in [0.15, 0.2) is 0 Å². The van der Waals surface area contributed by atoms with E-state index in [-0.39, 0.29) is 25.2 Å². The molecule has 14 heteroatoms. The van der Waals surface area contributed by atoms with Crippen molar-refractivity contribution in [3.63, 3.8) is 0 Å². The molecule has 0 saturated carbocycles. The summed E-state index contributed by atoms with van der Waals surface area (Å²) in [5.74, 6) is -2.08. The number of carboxylic acid groups (broad SMARTS) is 1. The molecule has 1 aliphatic rings. The standard InChI is InChI=1S/C22H32N8O5S/c1-36-6-4-16(22(34)35)28-19(31)17(8-14-10-25-12-27-14)29-20(32)18-3-2-5-30(18)21(33)15(23)7-13-9-24-11-26-13/h9-12,15-18H,2-8,23H2,1H3,(H,24,26)(H,25,27)(H,28,31)(H,29,32)(H,34,35). The minimum absolute atomic E-state index is 0.0758. The van der Waals surface area contributed by atoms with E-state index >= 15 is 0 Å². The number of imidazole rings is 2. The molecule has 196 valence electrons. The molecule has 3 heterocycles. The van der Waals surface area contributed by atoms with Crippen LogP contribution in [0.4, 0.5) is 0 Å². The van der Waals surface area contributed by atoms with Crippen molar-refractivity contribution < 1.29 is 24.3 Å². The summed E-state index contributed by atoms with van der Waals surface area (Å²) < 4.78 is 0. The summed E-state index contributed by atoms with van der Waals surface area (Å²) >= 11 is 1.47. The molecule has 0 aliphatic carbocycles. The Hall–Kier alpha value is -3.39. The zero-order chi connectivity index (χ0) is 26.1. The number of H-pyrrole nitrogens is 2. The highest BCUT2D eigenvalue weighted by Crippen LogP contribution is 2.19. The number of rotatable bonds is 13. The molecule has 13 nitrogen and oxygen atoms in total. The fraction of sp³-hybridized carbons (Fsp3) is 0.545. The van der Waals surface area contributed by atoms with Crippen molar-refractivity contribution in [2.75, 3.05) is 18.6 Å². The number of carbonyl (C=O) groups is 4. The Balaban J connectivity index is 1.69. The number of hydrogen-bond donors (Lipinski definition) is 6. The van der Waals surface area contributed by atoms with Crippen LogP contribution in [0.15, 0.2) is 25.0 Å². The van der Waals surface area contributed by atoms with Gasteiger partial charge in [-0.1, -0.05) is 0 Å². The Morgan fingerprint density at radius 3 is 2.39 bits per heavy atom. The Labute approximate surface area is 212 Å². The van der Waals surface area contributed by atoms with Crippen molar-refractivity contribution in [2.45, 2.75) is 56.3 Å². The van der Waals surface area contributed by atoms with Crippen LogP contribution in [0.5, 0.6) is 0 Å². The summed E-state index contributed by atoms with van der Waals surface area (Å²) in [6.07, 6.45) is 9.52. The van der Waals surface area contributed by atoms with Gasteiger partial charge in [0.1, 0.15) is 18.1 Å². The van der Waals surface area contributed by atoms with Crippen molar-refractivity contribution in [1.82, 2.24) is 35.5 Å². The molecule has 2 aromatic heterocycles. The van der Waals surface area contributed by atoms with Gasteiger partial charge in [0.2, 0.25) is 17.7 Å². The molecule has 4 atom stereocenters. The zero-order valence-electron chi connectivity index (χ0n) is 20.0. The Bertz CT molecular complexity index is 1020. The lowest BCUT2D eigenvalue weighted by Crippen LogP contribution is -2.57. The van der Waals surface area contributed by atoms with Gasteiger partial charge in [0.25, 0.3) is 0 Å². The molecule has 2 aromatic rings. The van der Waals surface area contributed by atoms with Crippen LogP contribution >= 0.6 is 11.8 Å². The Morgan fingerprint density at radius 1 is 1.14 bits per heavy atom. The highest BCUT2D eigenvalue weighted by molar-refractivity contribution is 7.98. The van der Waals surface area contributed by atoms with Crippen LogP contribution in [-0.4, -0.2) is 96.4 Å². The fourth-order valence-electron chi connectivity index (χ4n) is 4.10. The maximum Gasteiger partial charge on any atom is 0.326 e. The number of likely N-dealkylation sites (tertiary alicyclic amines) is 1. The largest absolute Gasteiger partial charge is 0.480 e. The Morgan fingerprint density at radius 2 is 1.81 bits per heavy atom. The van der Waals surface area contributed by atoms with E-state index in [1.807, 2.05) is 6.26 Å². The predicted molar refractivity (Wildman–Crippen MR) is 132 cm³/mol. The van der Waals surface area contributed by atoms with Crippen LogP contribution in [-0.2, 0) is 32.0 Å². The van der Waals surface area contributed by atoms with E-state index in [2.05, 4.69) is 30.6 Å². The lowest BCUT2D eigenvalue weighted by atomic mass is 10.1. The molecule has 4 unspecified atom stereocenters. The fourth-order valence-corrected chi connectivity index (χ4v) is 4.57. The first-order chi connectivity index (χ1) is 17.3. The molecule has 7 N–H and O–H groups in total. The summed E-state index contributed by atoms with van der Waals surface area (Å²) in [5.41, 5.74) is 7.41. The van der Waals surface area contributed by atoms with Crippen LogP contribution < -0.4 is 16.4 Å². The van der Waals surface area contributed by atoms with E-state index in [1.165, 1.54) is 35.5 Å². The third kappa shape index (κ3) is 7.31. The van der Waals surface area contributed by atoms with E-state index in [9.17, 15) is 24.3 Å². The molecule has 3 amide bonds. The molecule has 3 rings (SSSR count). The first-order valence-corrected chi connectivity index (χ1v) is 13.0. The number of hydrogen-bond acceptors (Lipinski definition) is 8. The van der Waals surface area contributed by atoms with E-state index < -0.39 is 42.0 Å². The zero-order valence-corrected chi connectivity index (χ0v) is 20.8. The SMILES string of the molecule is CSCCC(NC(=O)C(Cc1cnc[nH]1)NC(=O)C1CCCN1C(=O)C(N)Cc1cnc[nH]1)C(=O)O. The van der Waals surface area contributed by atoms with E-state index in [0.717, 1.165) is 0 Å². The van der Waals surface area contributed by atoms with E-state index in [0.29, 0.717) is 36.5 Å². The van der Waals surface area contributed by atoms with E-state index in [4.69, 9.17) is 5.73 Å². The predicted octanol–water partition coefficient (Wildman–Crippen LogP) is -0.956. The molecular weight excluding hydrogens is 488 g/mol. The summed E-state index contributed by atoms with van der Waals surface area (Å²) in [5, 5.41) is 14.7. The highest BCUT2D eigenvalue weighted by Gasteiger charge is 2.38. The van der Waals surface area contributed by atoms with Crippen LogP contribution in [0.25, 0.3) is 0 Å². The molecule has 0 radical (unpaired) electrons. The quantitative estimate of drug-likeness (QED) is 0.192. The maximum absolute atomic E-state index is 13.2. The third-order valence-corrected chi connectivity index (χ3v) is 6.63. The number of thioether (sulfide) groups is 1. The summed E-state index contributed by atoms with van der Waals surface area (Å²) in [6, 6.07) is -3.79. The van der Waals surface area contributed by atoms with Gasteiger partial charge in [0, 0.05) is 43.2 Å². The van der Waals surface area contributed by atoms with Gasteiger partial charge in [-0.2, -0.15) is 11.8 Å². The molecule has 1 aliphatic heterocycles. The third-order valence-electron chi connectivity index (χ3n) is 5.99.